The van der Waals surface area contributed by atoms with E-state index in [4.69, 9.17) is 4.74 Å². The summed E-state index contributed by atoms with van der Waals surface area (Å²) in [7, 11) is 0. The molecule has 266 valence electrons. The molecule has 8 atom stereocenters. The molecule has 0 bridgehead atoms. The van der Waals surface area contributed by atoms with E-state index in [1.165, 1.54) is 67.6 Å². The van der Waals surface area contributed by atoms with Crippen molar-refractivity contribution in [3.8, 4) is 0 Å². The third-order valence-corrected chi connectivity index (χ3v) is 13.5. The molecule has 0 aromatic heterocycles. The van der Waals surface area contributed by atoms with Gasteiger partial charge in [-0.15, -0.1) is 0 Å². The van der Waals surface area contributed by atoms with Gasteiger partial charge in [0.15, 0.2) is 6.23 Å². The van der Waals surface area contributed by atoms with E-state index in [2.05, 4.69) is 164 Å². The molecule has 11 rings (SSSR count). The third kappa shape index (κ3) is 4.70. The largest absolute Gasteiger partial charge is 0.478 e. The minimum Gasteiger partial charge on any atom is -0.478 e. The zero-order chi connectivity index (χ0) is 35.6. The molecule has 2 fully saturated rings. The number of anilines is 3. The summed E-state index contributed by atoms with van der Waals surface area (Å²) in [6.45, 7) is 9.44. The third-order valence-electron chi connectivity index (χ3n) is 13.5. The second kappa shape index (κ2) is 11.6. The maximum Gasteiger partial charge on any atom is 0.157 e. The van der Waals surface area contributed by atoms with Crippen LogP contribution in [-0.4, -0.2) is 12.3 Å². The lowest BCUT2D eigenvalue weighted by Gasteiger charge is -2.34. The number of nitrogens with zero attached hydrogens (tertiary/aromatic N) is 2. The Morgan fingerprint density at radius 3 is 2.55 bits per heavy atom. The Hall–Kier alpha value is -4.80. The average Bonchev–Trinajstić information content (AvgIpc) is 3.91. The summed E-state index contributed by atoms with van der Waals surface area (Å²) >= 11 is 0. The Kier molecular flexibility index (Phi) is 6.94. The number of benzene rings is 3. The van der Waals surface area contributed by atoms with Crippen LogP contribution in [0.5, 0.6) is 0 Å². The van der Waals surface area contributed by atoms with E-state index in [-0.39, 0.29) is 23.7 Å². The Bertz CT molecular complexity index is 2260. The van der Waals surface area contributed by atoms with Crippen LogP contribution in [0.15, 0.2) is 155 Å². The SMILES string of the molecule is CC1C=C2C[C@H]3c4ccccc4N(c4ccc5c(c4)N(C4=CCCC=C4)C4=CC(C(C)(C)C)=CCC45)C3C2=C2OC3NC(c4ccccc4)C=CC3C21. The van der Waals surface area contributed by atoms with Crippen LogP contribution in [-0.2, 0) is 4.74 Å². The first-order valence-corrected chi connectivity index (χ1v) is 20.1. The van der Waals surface area contributed by atoms with Crippen LogP contribution in [0.25, 0.3) is 0 Å². The van der Waals surface area contributed by atoms with Gasteiger partial charge >= 0.3 is 0 Å². The summed E-state index contributed by atoms with van der Waals surface area (Å²) in [5.41, 5.74) is 15.4. The standard InChI is InChI=1S/C49H49N3O/c1-29-25-31-26-39-35-17-11-12-18-41(35)52(46(39)45(31)47-44(29)38-23-24-40(50-48(38)53-47)30-13-7-5-8-14-30)34-20-22-37-36-21-19-32(49(2,3)4)27-42(36)51(43(37)28-34)33-15-9-6-10-16-33/h5,7-9,11-20,22-25,27-29,36,38-40,44,46,48,50H,6,10,21,26H2,1-4H3/t29?,36?,38?,39-,40?,44?,46?,48?/m0/s1. The van der Waals surface area contributed by atoms with Gasteiger partial charge in [-0.2, -0.15) is 0 Å². The number of ether oxygens (including phenoxy) is 1. The minimum absolute atomic E-state index is 0.0298. The first-order chi connectivity index (χ1) is 25.8. The van der Waals surface area contributed by atoms with Gasteiger partial charge in [0.2, 0.25) is 0 Å². The predicted molar refractivity (Wildman–Crippen MR) is 216 cm³/mol. The van der Waals surface area contributed by atoms with E-state index in [1.54, 1.807) is 0 Å². The smallest absolute Gasteiger partial charge is 0.157 e. The van der Waals surface area contributed by atoms with Crippen molar-refractivity contribution in [2.75, 3.05) is 9.80 Å². The molecular weight excluding hydrogens is 647 g/mol. The molecule has 1 saturated heterocycles. The summed E-state index contributed by atoms with van der Waals surface area (Å²) in [6.07, 6.45) is 23.9. The lowest BCUT2D eigenvalue weighted by Crippen LogP contribution is -2.40. The van der Waals surface area contributed by atoms with Gasteiger partial charge in [0.05, 0.1) is 17.8 Å². The lowest BCUT2D eigenvalue weighted by atomic mass is 9.74. The molecular formula is C49H49N3O. The van der Waals surface area contributed by atoms with Crippen molar-refractivity contribution in [2.45, 2.75) is 83.5 Å². The molecule has 3 aromatic carbocycles. The summed E-state index contributed by atoms with van der Waals surface area (Å²) in [5, 5.41) is 3.90. The fourth-order valence-electron chi connectivity index (χ4n) is 11.1. The Morgan fingerprint density at radius 2 is 1.72 bits per heavy atom. The Morgan fingerprint density at radius 1 is 0.868 bits per heavy atom. The fraction of sp³-hybridized carbons (Fsp3) is 0.347. The summed E-state index contributed by atoms with van der Waals surface area (Å²) in [4.78, 5) is 5.29. The molecule has 7 unspecified atom stereocenters. The highest BCUT2D eigenvalue weighted by Crippen LogP contribution is 2.62. The van der Waals surface area contributed by atoms with Crippen molar-refractivity contribution in [3.05, 3.63) is 172 Å². The van der Waals surface area contributed by atoms with Crippen LogP contribution in [0.3, 0.4) is 0 Å². The van der Waals surface area contributed by atoms with Crippen LogP contribution < -0.4 is 15.1 Å². The van der Waals surface area contributed by atoms with Crippen molar-refractivity contribution in [3.63, 3.8) is 0 Å². The maximum atomic E-state index is 7.18. The number of allylic oxidation sites excluding steroid dienone is 9. The fourth-order valence-corrected chi connectivity index (χ4v) is 11.1. The first-order valence-electron chi connectivity index (χ1n) is 20.1. The molecule has 4 aliphatic carbocycles. The Labute approximate surface area is 314 Å². The number of nitrogens with one attached hydrogen (secondary N) is 1. The molecule has 4 aliphatic heterocycles. The van der Waals surface area contributed by atoms with E-state index in [9.17, 15) is 0 Å². The molecule has 0 amide bonds. The van der Waals surface area contributed by atoms with Gasteiger partial charge in [-0.25, -0.2) is 0 Å². The second-order valence-corrected chi connectivity index (χ2v) is 17.5. The number of hydrogen-bond donors (Lipinski definition) is 1. The van der Waals surface area contributed by atoms with E-state index < -0.39 is 0 Å². The highest BCUT2D eigenvalue weighted by Gasteiger charge is 2.55. The van der Waals surface area contributed by atoms with E-state index in [0.717, 1.165) is 25.7 Å². The molecule has 53 heavy (non-hydrogen) atoms. The molecule has 4 heteroatoms. The quantitative estimate of drug-likeness (QED) is 0.276. The lowest BCUT2D eigenvalue weighted by molar-refractivity contribution is 0.0951. The molecule has 1 saturated carbocycles. The van der Waals surface area contributed by atoms with E-state index in [1.807, 2.05) is 0 Å². The Balaban J connectivity index is 1.02. The molecule has 8 aliphatic rings. The van der Waals surface area contributed by atoms with Crippen LogP contribution >= 0.6 is 0 Å². The van der Waals surface area contributed by atoms with Gasteiger partial charge in [-0.05, 0) is 95.2 Å². The highest BCUT2D eigenvalue weighted by molar-refractivity contribution is 5.83. The highest BCUT2D eigenvalue weighted by atomic mass is 16.5. The number of hydrogen-bond acceptors (Lipinski definition) is 4. The molecule has 4 nitrogen and oxygen atoms in total. The van der Waals surface area contributed by atoms with Crippen LogP contribution in [0.4, 0.5) is 17.1 Å². The monoisotopic (exact) mass is 695 g/mol. The average molecular weight is 696 g/mol. The number of rotatable bonds is 3. The summed E-state index contributed by atoms with van der Waals surface area (Å²) < 4.78 is 7.18. The van der Waals surface area contributed by atoms with Crippen molar-refractivity contribution >= 4 is 17.1 Å². The molecule has 0 radical (unpaired) electrons. The van der Waals surface area contributed by atoms with Gasteiger partial charge in [-0.1, -0.05) is 119 Å². The van der Waals surface area contributed by atoms with E-state index in [0.29, 0.717) is 29.6 Å². The minimum atomic E-state index is -0.0298. The molecule has 1 N–H and O–H groups in total. The van der Waals surface area contributed by atoms with E-state index >= 15 is 0 Å². The van der Waals surface area contributed by atoms with Crippen molar-refractivity contribution in [1.29, 1.82) is 0 Å². The topological polar surface area (TPSA) is 27.7 Å². The molecule has 3 aromatic rings. The van der Waals surface area contributed by atoms with Gasteiger partial charge < -0.3 is 14.5 Å². The molecule has 4 heterocycles. The van der Waals surface area contributed by atoms with Crippen molar-refractivity contribution < 1.29 is 4.74 Å². The first kappa shape index (κ1) is 31.7. The van der Waals surface area contributed by atoms with Gasteiger partial charge in [0.1, 0.15) is 5.76 Å². The zero-order valence-electron chi connectivity index (χ0n) is 31.3. The van der Waals surface area contributed by atoms with Gasteiger partial charge in [-0.3, -0.25) is 5.32 Å². The maximum absolute atomic E-state index is 7.18. The van der Waals surface area contributed by atoms with Gasteiger partial charge in [0.25, 0.3) is 0 Å². The number of para-hydroxylation sites is 1. The number of fused-ring (bicyclic) bond motifs is 11. The zero-order valence-corrected chi connectivity index (χ0v) is 31.3. The van der Waals surface area contributed by atoms with Crippen LogP contribution in [0.1, 0.15) is 87.9 Å². The normalized spacial score (nSPS) is 31.7. The van der Waals surface area contributed by atoms with Crippen molar-refractivity contribution in [1.82, 2.24) is 5.32 Å². The van der Waals surface area contributed by atoms with Gasteiger partial charge in [0, 0.05) is 52.0 Å². The summed E-state index contributed by atoms with van der Waals surface area (Å²) in [6, 6.07) is 27.8. The van der Waals surface area contributed by atoms with Crippen LogP contribution in [0, 0.1) is 23.2 Å². The molecule has 0 spiro atoms. The van der Waals surface area contributed by atoms with Crippen LogP contribution in [0.2, 0.25) is 0 Å². The van der Waals surface area contributed by atoms with Crippen molar-refractivity contribution in [2.24, 2.45) is 23.2 Å². The summed E-state index contributed by atoms with van der Waals surface area (Å²) in [5.74, 6) is 3.09. The predicted octanol–water partition coefficient (Wildman–Crippen LogP) is 11.4. The second-order valence-electron chi connectivity index (χ2n) is 17.5.